The first-order chi connectivity index (χ1) is 11.6. The molecule has 0 saturated carbocycles. The smallest absolute Gasteiger partial charge is 0.265 e. The molecule has 1 N–H and O–H groups in total. The van der Waals surface area contributed by atoms with Crippen LogP contribution in [0.3, 0.4) is 0 Å². The van der Waals surface area contributed by atoms with Gasteiger partial charge in [0.15, 0.2) is 5.78 Å². The summed E-state index contributed by atoms with van der Waals surface area (Å²) < 4.78 is 0. The van der Waals surface area contributed by atoms with Crippen LogP contribution in [0.4, 0.5) is 5.69 Å². The van der Waals surface area contributed by atoms with E-state index in [1.807, 2.05) is 43.5 Å². The van der Waals surface area contributed by atoms with Crippen LogP contribution in [0.1, 0.15) is 36.7 Å². The minimum Gasteiger partial charge on any atom is -0.321 e. The highest BCUT2D eigenvalue weighted by Gasteiger charge is 2.14. The van der Waals surface area contributed by atoms with E-state index >= 15 is 0 Å². The van der Waals surface area contributed by atoms with Crippen molar-refractivity contribution in [1.29, 1.82) is 0 Å². The molecule has 0 aliphatic carbocycles. The van der Waals surface area contributed by atoms with Crippen LogP contribution in [0.15, 0.2) is 60.0 Å². The first kappa shape index (κ1) is 16.1. The molecule has 0 spiro atoms. The topological polar surface area (TPSA) is 46.2 Å². The Morgan fingerprint density at radius 2 is 1.75 bits per heavy atom. The quantitative estimate of drug-likeness (QED) is 0.693. The summed E-state index contributed by atoms with van der Waals surface area (Å²) >= 11 is 1.38. The van der Waals surface area contributed by atoms with Gasteiger partial charge in [-0.05, 0) is 48.6 Å². The summed E-state index contributed by atoms with van der Waals surface area (Å²) in [5.74, 6) is -0.204. The van der Waals surface area contributed by atoms with Gasteiger partial charge in [-0.15, -0.1) is 11.3 Å². The zero-order valence-electron chi connectivity index (χ0n) is 13.5. The number of ketones is 1. The maximum Gasteiger partial charge on any atom is 0.265 e. The second-order valence-corrected chi connectivity index (χ2v) is 6.54. The van der Waals surface area contributed by atoms with Crippen molar-refractivity contribution in [2.75, 3.05) is 5.32 Å². The highest BCUT2D eigenvalue weighted by molar-refractivity contribution is 7.12. The molecule has 0 fully saturated rings. The SMILES string of the molecule is Cc1cccc(C(=O)c2cccc(NC(=O)c3cccs3)c2)c1C. The lowest BCUT2D eigenvalue weighted by Crippen LogP contribution is -2.11. The first-order valence-corrected chi connectivity index (χ1v) is 8.50. The van der Waals surface area contributed by atoms with Crippen LogP contribution in [-0.2, 0) is 0 Å². The minimum absolute atomic E-state index is 0.0385. The van der Waals surface area contributed by atoms with Crippen molar-refractivity contribution in [2.45, 2.75) is 13.8 Å². The van der Waals surface area contributed by atoms with Crippen LogP contribution >= 0.6 is 11.3 Å². The highest BCUT2D eigenvalue weighted by Crippen LogP contribution is 2.20. The van der Waals surface area contributed by atoms with E-state index in [1.54, 1.807) is 30.3 Å². The number of carbonyl (C=O) groups is 2. The standard InChI is InChI=1S/C20H17NO2S/c1-13-6-3-9-17(14(13)2)19(22)15-7-4-8-16(12-15)21-20(23)18-10-5-11-24-18/h3-12H,1-2H3,(H,21,23). The number of hydrogen-bond acceptors (Lipinski definition) is 3. The van der Waals surface area contributed by atoms with Gasteiger partial charge in [-0.2, -0.15) is 0 Å². The highest BCUT2D eigenvalue weighted by atomic mass is 32.1. The third-order valence-electron chi connectivity index (χ3n) is 3.98. The number of nitrogens with one attached hydrogen (secondary N) is 1. The number of benzene rings is 2. The number of rotatable bonds is 4. The Morgan fingerprint density at radius 3 is 2.50 bits per heavy atom. The van der Waals surface area contributed by atoms with Gasteiger partial charge < -0.3 is 5.32 Å². The fourth-order valence-electron chi connectivity index (χ4n) is 2.49. The second-order valence-electron chi connectivity index (χ2n) is 5.59. The van der Waals surface area contributed by atoms with Gasteiger partial charge in [0.25, 0.3) is 5.91 Å². The zero-order chi connectivity index (χ0) is 17.1. The van der Waals surface area contributed by atoms with Crippen LogP contribution in [0, 0.1) is 13.8 Å². The maximum atomic E-state index is 12.8. The first-order valence-electron chi connectivity index (χ1n) is 7.62. The number of amides is 1. The summed E-state index contributed by atoms with van der Waals surface area (Å²) in [6.07, 6.45) is 0. The summed E-state index contributed by atoms with van der Waals surface area (Å²) in [4.78, 5) is 25.6. The monoisotopic (exact) mass is 335 g/mol. The van der Waals surface area contributed by atoms with Crippen molar-refractivity contribution in [3.63, 3.8) is 0 Å². The Bertz CT molecular complexity index is 898. The molecule has 4 heteroatoms. The van der Waals surface area contributed by atoms with E-state index in [-0.39, 0.29) is 11.7 Å². The molecule has 120 valence electrons. The Labute approximate surface area is 145 Å². The molecule has 1 amide bonds. The van der Waals surface area contributed by atoms with Crippen LogP contribution in [0.25, 0.3) is 0 Å². The average Bonchev–Trinajstić information content (AvgIpc) is 3.12. The van der Waals surface area contributed by atoms with Gasteiger partial charge in [0.05, 0.1) is 4.88 Å². The lowest BCUT2D eigenvalue weighted by molar-refractivity contribution is 0.102. The van der Waals surface area contributed by atoms with Crippen LogP contribution in [0.5, 0.6) is 0 Å². The number of hydrogen-bond donors (Lipinski definition) is 1. The third kappa shape index (κ3) is 3.29. The molecule has 1 heterocycles. The minimum atomic E-state index is -0.165. The molecule has 3 nitrogen and oxygen atoms in total. The predicted molar refractivity (Wildman–Crippen MR) is 98.1 cm³/mol. The largest absolute Gasteiger partial charge is 0.321 e. The van der Waals surface area contributed by atoms with Crippen LogP contribution < -0.4 is 5.32 Å². The normalized spacial score (nSPS) is 10.4. The van der Waals surface area contributed by atoms with Gasteiger partial charge in [-0.25, -0.2) is 0 Å². The van der Waals surface area contributed by atoms with Crippen molar-refractivity contribution in [3.8, 4) is 0 Å². The number of carbonyl (C=O) groups excluding carboxylic acids is 2. The molecule has 0 radical (unpaired) electrons. The van der Waals surface area contributed by atoms with Gasteiger partial charge in [-0.3, -0.25) is 9.59 Å². The molecule has 0 aliphatic heterocycles. The van der Waals surface area contributed by atoms with Gasteiger partial charge in [0.1, 0.15) is 0 Å². The molecule has 24 heavy (non-hydrogen) atoms. The molecule has 0 aliphatic rings. The van der Waals surface area contributed by atoms with Crippen molar-refractivity contribution in [2.24, 2.45) is 0 Å². The number of thiophene rings is 1. The third-order valence-corrected chi connectivity index (χ3v) is 4.85. The fourth-order valence-corrected chi connectivity index (χ4v) is 3.11. The molecule has 1 aromatic heterocycles. The van der Waals surface area contributed by atoms with Crippen LogP contribution in [-0.4, -0.2) is 11.7 Å². The molecule has 3 aromatic rings. The molecule has 0 saturated heterocycles. The maximum absolute atomic E-state index is 12.8. The molecule has 0 atom stereocenters. The predicted octanol–water partition coefficient (Wildman–Crippen LogP) is 4.85. The van der Waals surface area contributed by atoms with Crippen molar-refractivity contribution in [1.82, 2.24) is 0 Å². The number of aryl methyl sites for hydroxylation is 1. The number of anilines is 1. The van der Waals surface area contributed by atoms with E-state index in [0.717, 1.165) is 11.1 Å². The lowest BCUT2D eigenvalue weighted by atomic mass is 9.96. The Balaban J connectivity index is 1.86. The summed E-state index contributed by atoms with van der Waals surface area (Å²) in [6.45, 7) is 3.94. The molecule has 0 bridgehead atoms. The van der Waals surface area contributed by atoms with Gasteiger partial charge >= 0.3 is 0 Å². The van der Waals surface area contributed by atoms with E-state index in [1.165, 1.54) is 11.3 Å². The molecule has 3 rings (SSSR count). The van der Waals surface area contributed by atoms with E-state index in [9.17, 15) is 9.59 Å². The molecular formula is C20H17NO2S. The second kappa shape index (κ2) is 6.81. The van der Waals surface area contributed by atoms with Crippen molar-refractivity contribution in [3.05, 3.63) is 87.1 Å². The fraction of sp³-hybridized carbons (Fsp3) is 0.100. The Kier molecular flexibility index (Phi) is 4.58. The molecule has 2 aromatic carbocycles. The van der Waals surface area contributed by atoms with Crippen LogP contribution in [0.2, 0.25) is 0 Å². The lowest BCUT2D eigenvalue weighted by Gasteiger charge is -2.09. The van der Waals surface area contributed by atoms with Gasteiger partial charge in [0, 0.05) is 16.8 Å². The zero-order valence-corrected chi connectivity index (χ0v) is 14.3. The summed E-state index contributed by atoms with van der Waals surface area (Å²) in [5.41, 5.74) is 3.94. The van der Waals surface area contributed by atoms with E-state index < -0.39 is 0 Å². The van der Waals surface area contributed by atoms with Gasteiger partial charge in [-0.1, -0.05) is 36.4 Å². The summed E-state index contributed by atoms with van der Waals surface area (Å²) in [7, 11) is 0. The molecular weight excluding hydrogens is 318 g/mol. The molecule has 0 unspecified atom stereocenters. The van der Waals surface area contributed by atoms with E-state index in [2.05, 4.69) is 5.32 Å². The van der Waals surface area contributed by atoms with E-state index in [0.29, 0.717) is 21.7 Å². The van der Waals surface area contributed by atoms with E-state index in [4.69, 9.17) is 0 Å². The van der Waals surface area contributed by atoms with Crippen molar-refractivity contribution < 1.29 is 9.59 Å². The summed E-state index contributed by atoms with van der Waals surface area (Å²) in [5, 5.41) is 4.69. The van der Waals surface area contributed by atoms with Crippen molar-refractivity contribution >= 4 is 28.7 Å². The average molecular weight is 335 g/mol. The summed E-state index contributed by atoms with van der Waals surface area (Å²) in [6, 6.07) is 16.4. The van der Waals surface area contributed by atoms with Gasteiger partial charge in [0.2, 0.25) is 0 Å². The Morgan fingerprint density at radius 1 is 0.958 bits per heavy atom. The Hall–Kier alpha value is -2.72.